The molecule has 0 aliphatic carbocycles. The lowest BCUT2D eigenvalue weighted by Crippen LogP contribution is -2.33. The number of amides is 1. The van der Waals surface area contributed by atoms with Crippen LogP contribution in [0.15, 0.2) is 30.3 Å². The summed E-state index contributed by atoms with van der Waals surface area (Å²) in [4.78, 5) is 14.3. The molecule has 0 unspecified atom stereocenters. The van der Waals surface area contributed by atoms with Crippen LogP contribution >= 0.6 is 0 Å². The van der Waals surface area contributed by atoms with Crippen LogP contribution in [0.25, 0.3) is 0 Å². The van der Waals surface area contributed by atoms with E-state index < -0.39 is 0 Å². The Labute approximate surface area is 171 Å². The van der Waals surface area contributed by atoms with Crippen LogP contribution in [-0.4, -0.2) is 38.3 Å². The molecule has 6 nitrogen and oxygen atoms in total. The number of ether oxygens (including phenoxy) is 3. The van der Waals surface area contributed by atoms with Gasteiger partial charge in [0, 0.05) is 29.8 Å². The second-order valence-electron chi connectivity index (χ2n) is 8.01. The van der Waals surface area contributed by atoms with E-state index in [1.54, 1.807) is 7.11 Å². The Hall–Kier alpha value is -2.73. The van der Waals surface area contributed by atoms with Gasteiger partial charge in [0.15, 0.2) is 11.5 Å². The molecule has 1 atom stereocenters. The summed E-state index contributed by atoms with van der Waals surface area (Å²) in [6, 6.07) is 10.4. The maximum atomic E-state index is 11.9. The van der Waals surface area contributed by atoms with Crippen molar-refractivity contribution >= 4 is 11.6 Å². The first-order chi connectivity index (χ1) is 14.0. The molecule has 2 aliphatic heterocycles. The third-order valence-corrected chi connectivity index (χ3v) is 5.72. The molecule has 0 saturated heterocycles. The summed E-state index contributed by atoms with van der Waals surface area (Å²) in [6.07, 6.45) is 1.80. The summed E-state index contributed by atoms with van der Waals surface area (Å²) >= 11 is 0. The lowest BCUT2D eigenvalue weighted by Gasteiger charge is -2.36. The van der Waals surface area contributed by atoms with Crippen molar-refractivity contribution in [2.24, 2.45) is 5.92 Å². The quantitative estimate of drug-likeness (QED) is 0.833. The summed E-state index contributed by atoms with van der Waals surface area (Å²) in [7, 11) is 3.84. The zero-order valence-corrected chi connectivity index (χ0v) is 17.5. The van der Waals surface area contributed by atoms with Gasteiger partial charge >= 0.3 is 0 Å². The fraction of sp³-hybridized carbons (Fsp3) is 0.435. The molecule has 0 radical (unpaired) electrons. The van der Waals surface area contributed by atoms with Crippen LogP contribution < -0.4 is 19.5 Å². The molecule has 6 heteroatoms. The maximum absolute atomic E-state index is 11.9. The summed E-state index contributed by atoms with van der Waals surface area (Å²) in [5.41, 5.74) is 4.47. The SMILES string of the molecule is COc1c2c(cc3c1[C@H](Cc1ccc(NC(=O)C(C)C)cc1)N(C)CC3)OCO2. The van der Waals surface area contributed by atoms with Crippen molar-refractivity contribution in [3.63, 3.8) is 0 Å². The first-order valence-corrected chi connectivity index (χ1v) is 10.1. The Balaban J connectivity index is 1.61. The van der Waals surface area contributed by atoms with Crippen molar-refractivity contribution < 1.29 is 19.0 Å². The predicted molar refractivity (Wildman–Crippen MR) is 112 cm³/mol. The zero-order valence-electron chi connectivity index (χ0n) is 17.5. The molecule has 4 rings (SSSR count). The minimum atomic E-state index is -0.0394. The molecular weight excluding hydrogens is 368 g/mol. The van der Waals surface area contributed by atoms with Crippen molar-refractivity contribution in [3.8, 4) is 17.2 Å². The second-order valence-corrected chi connectivity index (χ2v) is 8.01. The van der Waals surface area contributed by atoms with E-state index in [0.717, 1.165) is 36.6 Å². The van der Waals surface area contributed by atoms with Gasteiger partial charge in [-0.3, -0.25) is 9.69 Å². The third-order valence-electron chi connectivity index (χ3n) is 5.72. The molecular formula is C23H28N2O4. The summed E-state index contributed by atoms with van der Waals surface area (Å²) in [5.74, 6) is 2.25. The molecule has 0 fully saturated rings. The van der Waals surface area contributed by atoms with Gasteiger partial charge < -0.3 is 19.5 Å². The summed E-state index contributed by atoms with van der Waals surface area (Å²) in [5, 5.41) is 2.94. The highest BCUT2D eigenvalue weighted by atomic mass is 16.7. The fourth-order valence-corrected chi connectivity index (χ4v) is 4.02. The minimum absolute atomic E-state index is 0.0273. The molecule has 2 heterocycles. The normalized spacial score (nSPS) is 17.9. The number of fused-ring (bicyclic) bond motifs is 2. The van der Waals surface area contributed by atoms with E-state index in [1.807, 2.05) is 26.0 Å². The first-order valence-electron chi connectivity index (χ1n) is 10.1. The Morgan fingerprint density at radius 1 is 1.28 bits per heavy atom. The van der Waals surface area contributed by atoms with Gasteiger partial charge in [-0.05, 0) is 49.2 Å². The highest BCUT2D eigenvalue weighted by molar-refractivity contribution is 5.92. The van der Waals surface area contributed by atoms with E-state index in [1.165, 1.54) is 16.7 Å². The smallest absolute Gasteiger partial charge is 0.231 e. The Morgan fingerprint density at radius 2 is 2.03 bits per heavy atom. The predicted octanol–water partition coefficient (Wildman–Crippen LogP) is 3.79. The van der Waals surface area contributed by atoms with Crippen LogP contribution in [-0.2, 0) is 17.6 Å². The van der Waals surface area contributed by atoms with Crippen molar-refractivity contribution in [1.29, 1.82) is 0 Å². The number of nitrogens with zero attached hydrogens (tertiary/aromatic N) is 1. The van der Waals surface area contributed by atoms with Crippen molar-refractivity contribution in [2.45, 2.75) is 32.7 Å². The highest BCUT2D eigenvalue weighted by Crippen LogP contribution is 2.49. The van der Waals surface area contributed by atoms with Crippen LogP contribution in [0.1, 0.15) is 36.6 Å². The van der Waals surface area contributed by atoms with E-state index in [0.29, 0.717) is 5.75 Å². The molecule has 2 aromatic rings. The molecule has 2 aliphatic rings. The number of hydrogen-bond donors (Lipinski definition) is 1. The Bertz CT molecular complexity index is 908. The molecule has 0 saturated carbocycles. The molecule has 2 aromatic carbocycles. The molecule has 154 valence electrons. The van der Waals surface area contributed by atoms with Crippen molar-refractivity contribution in [2.75, 3.05) is 32.8 Å². The fourth-order valence-electron chi connectivity index (χ4n) is 4.02. The van der Waals surface area contributed by atoms with Gasteiger partial charge in [0.05, 0.1) is 7.11 Å². The maximum Gasteiger partial charge on any atom is 0.231 e. The van der Waals surface area contributed by atoms with Crippen LogP contribution in [0.5, 0.6) is 17.2 Å². The van der Waals surface area contributed by atoms with E-state index in [4.69, 9.17) is 14.2 Å². The molecule has 0 spiro atoms. The number of carbonyl (C=O) groups is 1. The Kier molecular flexibility index (Phi) is 5.37. The average Bonchev–Trinajstić information content (AvgIpc) is 3.18. The van der Waals surface area contributed by atoms with Crippen LogP contribution in [0, 0.1) is 5.92 Å². The standard InChI is InChI=1S/C23H28N2O4/c1-14(2)23(26)24-17-7-5-15(6-8-17)11-18-20-16(9-10-25(18)3)12-19-21(22(20)27-4)29-13-28-19/h5-8,12,14,18H,9-11,13H2,1-4H3,(H,24,26)/t18-/m0/s1. The van der Waals surface area contributed by atoms with Gasteiger partial charge in [0.25, 0.3) is 0 Å². The van der Waals surface area contributed by atoms with Crippen molar-refractivity contribution in [1.82, 2.24) is 4.90 Å². The topological polar surface area (TPSA) is 60.0 Å². The molecule has 0 aromatic heterocycles. The van der Waals surface area contributed by atoms with E-state index in [9.17, 15) is 4.79 Å². The Morgan fingerprint density at radius 3 is 2.72 bits per heavy atom. The van der Waals surface area contributed by atoms with Crippen LogP contribution in [0.2, 0.25) is 0 Å². The highest BCUT2D eigenvalue weighted by Gasteiger charge is 2.33. The van der Waals surface area contributed by atoms with Gasteiger partial charge in [0.2, 0.25) is 18.4 Å². The number of anilines is 1. The monoisotopic (exact) mass is 396 g/mol. The van der Waals surface area contributed by atoms with E-state index in [-0.39, 0.29) is 24.7 Å². The van der Waals surface area contributed by atoms with Gasteiger partial charge in [-0.1, -0.05) is 26.0 Å². The van der Waals surface area contributed by atoms with Crippen LogP contribution in [0.3, 0.4) is 0 Å². The number of nitrogens with one attached hydrogen (secondary N) is 1. The number of likely N-dealkylation sites (N-methyl/N-ethyl adjacent to an activating group) is 1. The van der Waals surface area contributed by atoms with E-state index >= 15 is 0 Å². The summed E-state index contributed by atoms with van der Waals surface area (Å²) in [6.45, 7) is 4.99. The number of benzene rings is 2. The van der Waals surface area contributed by atoms with Gasteiger partial charge in [-0.25, -0.2) is 0 Å². The molecule has 29 heavy (non-hydrogen) atoms. The third kappa shape index (κ3) is 3.77. The van der Waals surface area contributed by atoms with Crippen molar-refractivity contribution in [3.05, 3.63) is 47.0 Å². The number of carbonyl (C=O) groups excluding carboxylic acids is 1. The number of rotatable bonds is 5. The average molecular weight is 396 g/mol. The van der Waals surface area contributed by atoms with Gasteiger partial charge in [-0.15, -0.1) is 0 Å². The second kappa shape index (κ2) is 7.95. The summed E-state index contributed by atoms with van der Waals surface area (Å²) < 4.78 is 17.1. The lowest BCUT2D eigenvalue weighted by atomic mass is 9.87. The van der Waals surface area contributed by atoms with Gasteiger partial charge in [0.1, 0.15) is 0 Å². The first kappa shape index (κ1) is 19.6. The van der Waals surface area contributed by atoms with Crippen LogP contribution in [0.4, 0.5) is 5.69 Å². The van der Waals surface area contributed by atoms with Gasteiger partial charge in [-0.2, -0.15) is 0 Å². The largest absolute Gasteiger partial charge is 0.492 e. The molecule has 0 bridgehead atoms. The lowest BCUT2D eigenvalue weighted by molar-refractivity contribution is -0.118. The number of methoxy groups -OCH3 is 1. The number of hydrogen-bond acceptors (Lipinski definition) is 5. The van der Waals surface area contributed by atoms with E-state index in [2.05, 4.69) is 35.5 Å². The minimum Gasteiger partial charge on any atom is -0.492 e. The molecule has 1 N–H and O–H groups in total. The zero-order chi connectivity index (χ0) is 20.5. The molecule has 1 amide bonds.